The Balaban J connectivity index is 1.65. The molecule has 0 spiro atoms. The van der Waals surface area contributed by atoms with Crippen molar-refractivity contribution in [2.24, 2.45) is 4.99 Å². The smallest absolute Gasteiger partial charge is 0.338 e. The molecule has 1 aromatic heterocycles. The number of thiazole rings is 1. The zero-order chi connectivity index (χ0) is 30.0. The van der Waals surface area contributed by atoms with Crippen LogP contribution in [0.1, 0.15) is 43.5 Å². The predicted octanol–water partition coefficient (Wildman–Crippen LogP) is 5.68. The molecule has 1 aliphatic heterocycles. The first kappa shape index (κ1) is 29.5. The number of fused-ring (bicyclic) bond motifs is 1. The molecule has 42 heavy (non-hydrogen) atoms. The number of carbonyl (C=O) groups is 1. The van der Waals surface area contributed by atoms with Crippen LogP contribution in [0.5, 0.6) is 11.5 Å². The van der Waals surface area contributed by atoms with Crippen molar-refractivity contribution >= 4 is 39.3 Å². The minimum atomic E-state index is -0.838. The van der Waals surface area contributed by atoms with Crippen LogP contribution in [-0.2, 0) is 16.1 Å². The van der Waals surface area contributed by atoms with E-state index in [1.54, 1.807) is 57.2 Å². The van der Waals surface area contributed by atoms with Gasteiger partial charge < -0.3 is 14.2 Å². The van der Waals surface area contributed by atoms with Crippen molar-refractivity contribution in [1.82, 2.24) is 4.57 Å². The van der Waals surface area contributed by atoms with Crippen LogP contribution in [0.4, 0.5) is 4.39 Å². The fraction of sp³-hybridized carbons (Fsp3) is 0.219. The Bertz CT molecular complexity index is 1880. The summed E-state index contributed by atoms with van der Waals surface area (Å²) in [5.41, 5.74) is 2.05. The number of ether oxygens (including phenoxy) is 3. The van der Waals surface area contributed by atoms with E-state index < -0.39 is 12.0 Å². The molecule has 3 aromatic carbocycles. The first-order valence-corrected chi connectivity index (χ1v) is 14.8. The van der Waals surface area contributed by atoms with Gasteiger partial charge >= 0.3 is 5.97 Å². The second-order valence-electron chi connectivity index (χ2n) is 9.84. The quantitative estimate of drug-likeness (QED) is 0.230. The fourth-order valence-electron chi connectivity index (χ4n) is 4.72. The van der Waals surface area contributed by atoms with E-state index in [2.05, 4.69) is 20.9 Å². The maximum atomic E-state index is 14.2. The number of rotatable bonds is 8. The summed E-state index contributed by atoms with van der Waals surface area (Å²) < 4.78 is 34.0. The number of esters is 1. The molecule has 216 valence electrons. The van der Waals surface area contributed by atoms with Crippen molar-refractivity contribution in [3.05, 3.63) is 125 Å². The summed E-state index contributed by atoms with van der Waals surface area (Å²) in [7, 11) is 1.54. The molecule has 0 aliphatic carbocycles. The second kappa shape index (κ2) is 12.5. The Labute approximate surface area is 254 Å². The van der Waals surface area contributed by atoms with Crippen molar-refractivity contribution in [1.29, 1.82) is 0 Å². The third-order valence-electron chi connectivity index (χ3n) is 6.62. The molecular weight excluding hydrogens is 623 g/mol. The van der Waals surface area contributed by atoms with E-state index in [9.17, 15) is 14.0 Å². The van der Waals surface area contributed by atoms with Crippen molar-refractivity contribution < 1.29 is 23.4 Å². The Morgan fingerprint density at radius 3 is 2.60 bits per heavy atom. The lowest BCUT2D eigenvalue weighted by atomic mass is 9.95. The average molecular weight is 652 g/mol. The Kier molecular flexibility index (Phi) is 8.74. The van der Waals surface area contributed by atoms with E-state index in [4.69, 9.17) is 14.2 Å². The molecule has 0 amide bonds. The molecule has 0 N–H and O–H groups in total. The van der Waals surface area contributed by atoms with Gasteiger partial charge in [-0.15, -0.1) is 0 Å². The van der Waals surface area contributed by atoms with E-state index in [1.165, 1.54) is 29.1 Å². The number of aromatic nitrogens is 1. The van der Waals surface area contributed by atoms with E-state index in [1.807, 2.05) is 30.3 Å². The Morgan fingerprint density at radius 2 is 1.86 bits per heavy atom. The maximum Gasteiger partial charge on any atom is 0.338 e. The van der Waals surface area contributed by atoms with Gasteiger partial charge in [-0.2, -0.15) is 0 Å². The molecule has 0 saturated carbocycles. The summed E-state index contributed by atoms with van der Waals surface area (Å²) in [6.07, 6.45) is 1.36. The van der Waals surface area contributed by atoms with Crippen LogP contribution < -0.4 is 24.4 Å². The first-order valence-electron chi connectivity index (χ1n) is 13.2. The topological polar surface area (TPSA) is 79.1 Å². The number of benzene rings is 3. The minimum Gasteiger partial charge on any atom is -0.496 e. The first-order chi connectivity index (χ1) is 20.2. The lowest BCUT2D eigenvalue weighted by molar-refractivity contribution is -0.143. The largest absolute Gasteiger partial charge is 0.496 e. The minimum absolute atomic E-state index is 0.0297. The number of hydrogen-bond acceptors (Lipinski definition) is 7. The van der Waals surface area contributed by atoms with Gasteiger partial charge in [0.15, 0.2) is 4.80 Å². The summed E-state index contributed by atoms with van der Waals surface area (Å²) in [4.78, 5) is 32.6. The number of nitrogens with zero attached hydrogens (tertiary/aromatic N) is 2. The molecule has 0 radical (unpaired) electrons. The van der Waals surface area contributed by atoms with Gasteiger partial charge in [0.05, 0.1) is 29.0 Å². The summed E-state index contributed by atoms with van der Waals surface area (Å²) in [6.45, 7) is 5.30. The van der Waals surface area contributed by atoms with E-state index in [-0.39, 0.29) is 29.7 Å². The lowest BCUT2D eigenvalue weighted by Crippen LogP contribution is -2.40. The normalized spacial score (nSPS) is 14.9. The molecule has 7 nitrogen and oxygen atoms in total. The van der Waals surface area contributed by atoms with Gasteiger partial charge in [-0.05, 0) is 57.2 Å². The third-order valence-corrected chi connectivity index (χ3v) is 8.09. The van der Waals surface area contributed by atoms with Gasteiger partial charge in [-0.3, -0.25) is 9.36 Å². The van der Waals surface area contributed by atoms with Crippen LogP contribution in [0.25, 0.3) is 6.08 Å². The van der Waals surface area contributed by atoms with Crippen molar-refractivity contribution in [2.45, 2.75) is 39.5 Å². The maximum absolute atomic E-state index is 14.2. The fourth-order valence-corrected chi connectivity index (χ4v) is 6.13. The third kappa shape index (κ3) is 5.96. The van der Waals surface area contributed by atoms with Gasteiger partial charge in [0.25, 0.3) is 5.56 Å². The molecular formula is C32H28BrFN2O5S. The molecule has 0 bridgehead atoms. The van der Waals surface area contributed by atoms with Gasteiger partial charge in [0.2, 0.25) is 0 Å². The highest BCUT2D eigenvalue weighted by atomic mass is 79.9. The number of hydrogen-bond donors (Lipinski definition) is 0. The van der Waals surface area contributed by atoms with Gasteiger partial charge in [0, 0.05) is 21.2 Å². The summed E-state index contributed by atoms with van der Waals surface area (Å²) >= 11 is 4.72. The molecule has 0 unspecified atom stereocenters. The second-order valence-corrected chi connectivity index (χ2v) is 11.8. The monoisotopic (exact) mass is 650 g/mol. The lowest BCUT2D eigenvalue weighted by Gasteiger charge is -2.26. The summed E-state index contributed by atoms with van der Waals surface area (Å²) in [5, 5.41) is 0. The van der Waals surface area contributed by atoms with E-state index in [0.717, 1.165) is 4.47 Å². The zero-order valence-electron chi connectivity index (χ0n) is 23.4. The molecule has 0 fully saturated rings. The number of methoxy groups -OCH3 is 1. The van der Waals surface area contributed by atoms with Crippen LogP contribution in [0, 0.1) is 5.82 Å². The number of para-hydroxylation sites is 1. The molecule has 5 rings (SSSR count). The number of allylic oxidation sites excluding steroid dienone is 1. The average Bonchev–Trinajstić information content (AvgIpc) is 3.26. The van der Waals surface area contributed by atoms with E-state index >= 15 is 0 Å². The van der Waals surface area contributed by atoms with Gasteiger partial charge in [-0.1, -0.05) is 63.7 Å². The molecule has 10 heteroatoms. The standard InChI is InChI=1S/C32H28BrFN2O5S/c1-18(2)41-31(38)28-19(3)35-32-36(29(28)23-16-22(33)13-14-26(23)39-4)30(37)27(42-32)15-20-9-6-8-12-25(20)40-17-21-10-5-7-11-24(21)34/h5-16,18,29H,17H2,1-4H3/b27-15-/t29-/m1/s1. The Morgan fingerprint density at radius 1 is 1.12 bits per heavy atom. The van der Waals surface area contributed by atoms with Gasteiger partial charge in [0.1, 0.15) is 30.0 Å². The highest BCUT2D eigenvalue weighted by Crippen LogP contribution is 2.37. The molecule has 2 heterocycles. The van der Waals surface area contributed by atoms with Crippen LogP contribution >= 0.6 is 27.3 Å². The Hall–Kier alpha value is -4.02. The predicted molar refractivity (Wildman–Crippen MR) is 163 cm³/mol. The van der Waals surface area contributed by atoms with Crippen LogP contribution in [0.3, 0.4) is 0 Å². The summed E-state index contributed by atoms with van der Waals surface area (Å²) in [6, 6.07) is 18.2. The molecule has 1 aliphatic rings. The molecule has 4 aromatic rings. The van der Waals surface area contributed by atoms with Crippen molar-refractivity contribution in [3.63, 3.8) is 0 Å². The highest BCUT2D eigenvalue weighted by Gasteiger charge is 2.35. The number of carbonyl (C=O) groups excluding carboxylic acids is 1. The van der Waals surface area contributed by atoms with E-state index in [0.29, 0.717) is 43.2 Å². The number of halogens is 2. The SMILES string of the molecule is COc1ccc(Br)cc1[C@@H]1C(C(=O)OC(C)C)=C(C)N=c2s/c(=C\c3ccccc3OCc3ccccc3F)c(=O)n21. The van der Waals surface area contributed by atoms with Crippen LogP contribution in [-0.4, -0.2) is 23.8 Å². The van der Waals surface area contributed by atoms with Crippen molar-refractivity contribution in [2.75, 3.05) is 7.11 Å². The van der Waals surface area contributed by atoms with Crippen LogP contribution in [0.2, 0.25) is 0 Å². The summed E-state index contributed by atoms with van der Waals surface area (Å²) in [5.74, 6) is 0.0938. The highest BCUT2D eigenvalue weighted by molar-refractivity contribution is 9.10. The molecule has 0 saturated heterocycles. The van der Waals surface area contributed by atoms with Crippen LogP contribution in [0.15, 0.2) is 92.3 Å². The van der Waals surface area contributed by atoms with Gasteiger partial charge in [-0.25, -0.2) is 14.2 Å². The van der Waals surface area contributed by atoms with Crippen molar-refractivity contribution in [3.8, 4) is 11.5 Å². The molecule has 1 atom stereocenters. The zero-order valence-corrected chi connectivity index (χ0v) is 25.8.